The van der Waals surface area contributed by atoms with E-state index in [0.29, 0.717) is 7.48 Å². The second-order valence-corrected chi connectivity index (χ2v) is 7.58. The smallest absolute Gasteiger partial charge is 0.309 e. The lowest BCUT2D eigenvalue weighted by molar-refractivity contribution is -0.0893. The van der Waals surface area contributed by atoms with Crippen LogP contribution in [0.15, 0.2) is 24.3 Å². The number of hydrogen-bond donors (Lipinski definition) is 2. The van der Waals surface area contributed by atoms with Crippen LogP contribution >= 0.6 is 0 Å². The van der Waals surface area contributed by atoms with E-state index in [1.807, 2.05) is 13.8 Å². The molecule has 6 heteroatoms. The Kier molecular flexibility index (Phi) is 6.31. The van der Waals surface area contributed by atoms with Crippen molar-refractivity contribution in [1.29, 1.82) is 0 Å². The first-order chi connectivity index (χ1) is 11.2. The van der Waals surface area contributed by atoms with Gasteiger partial charge in [0.05, 0.1) is 17.8 Å². The van der Waals surface area contributed by atoms with Gasteiger partial charge in [0.15, 0.2) is 0 Å². The first-order valence-electron chi connectivity index (χ1n) is 8.76. The molecule has 1 aliphatic heterocycles. The summed E-state index contributed by atoms with van der Waals surface area (Å²) < 4.78 is 5.91. The van der Waals surface area contributed by atoms with E-state index in [4.69, 9.17) is 9.76 Å². The highest BCUT2D eigenvalue weighted by atomic mass is 16.5. The van der Waals surface area contributed by atoms with E-state index in [1.165, 1.54) is 5.69 Å². The Morgan fingerprint density at radius 3 is 2.12 bits per heavy atom. The predicted molar refractivity (Wildman–Crippen MR) is 100 cm³/mol. The number of piperazine rings is 1. The number of anilines is 1. The summed E-state index contributed by atoms with van der Waals surface area (Å²) in [4.78, 5) is 4.66. The van der Waals surface area contributed by atoms with Crippen molar-refractivity contribution in [3.8, 4) is 0 Å². The highest BCUT2D eigenvalue weighted by molar-refractivity contribution is 6.47. The molecular formula is C18H31BN2O3. The van der Waals surface area contributed by atoms with Gasteiger partial charge in [-0.25, -0.2) is 0 Å². The minimum atomic E-state index is -0.888. The van der Waals surface area contributed by atoms with Gasteiger partial charge in [0, 0.05) is 38.4 Å². The van der Waals surface area contributed by atoms with Gasteiger partial charge in [-0.15, -0.1) is 0 Å². The fourth-order valence-corrected chi connectivity index (χ4v) is 2.61. The second-order valence-electron chi connectivity index (χ2n) is 7.58. The average molecular weight is 334 g/mol. The van der Waals surface area contributed by atoms with E-state index in [1.54, 1.807) is 13.8 Å². The molecule has 1 aliphatic rings. The van der Waals surface area contributed by atoms with E-state index >= 15 is 0 Å². The van der Waals surface area contributed by atoms with Crippen LogP contribution in [0.5, 0.6) is 0 Å². The molecule has 1 saturated heterocycles. The van der Waals surface area contributed by atoms with Crippen molar-refractivity contribution >= 4 is 18.6 Å². The van der Waals surface area contributed by atoms with Gasteiger partial charge < -0.3 is 19.8 Å². The zero-order chi connectivity index (χ0) is 17.8. The van der Waals surface area contributed by atoms with Crippen LogP contribution in [0.25, 0.3) is 0 Å². The molecule has 0 atom stereocenters. The molecule has 1 fully saturated rings. The quantitative estimate of drug-likeness (QED) is 0.705. The van der Waals surface area contributed by atoms with Crippen molar-refractivity contribution in [2.75, 3.05) is 44.2 Å². The maximum atomic E-state index is 10.1. The predicted octanol–water partition coefficient (Wildman–Crippen LogP) is 0.344. The van der Waals surface area contributed by atoms with E-state index in [0.717, 1.165) is 38.2 Å². The maximum absolute atomic E-state index is 10.1. The lowest BCUT2D eigenvalue weighted by atomic mass is 9.82. The van der Waals surface area contributed by atoms with Crippen molar-refractivity contribution in [3.63, 3.8) is 0 Å². The number of aliphatic hydroxyl groups excluding tert-OH is 1. The molecule has 1 heterocycles. The Morgan fingerprint density at radius 1 is 1.04 bits per heavy atom. The fourth-order valence-electron chi connectivity index (χ4n) is 2.61. The molecule has 2 N–H and O–H groups in total. The van der Waals surface area contributed by atoms with Crippen LogP contribution in [0.4, 0.5) is 5.69 Å². The summed E-state index contributed by atoms with van der Waals surface area (Å²) >= 11 is 0. The minimum absolute atomic E-state index is 0.232. The van der Waals surface area contributed by atoms with Crippen molar-refractivity contribution < 1.29 is 14.9 Å². The number of nitrogens with zero attached hydrogens (tertiary/aromatic N) is 2. The van der Waals surface area contributed by atoms with Crippen LogP contribution < -0.4 is 10.4 Å². The standard InChI is InChI=1S/C18H31BN2O3/c1-17(2,23)18(3,4)24-19-15-5-7-16(8-6-15)21-11-9-20(10-12-21)13-14-22/h5-8,19,22-23H,9-14H2,1-4H3. The summed E-state index contributed by atoms with van der Waals surface area (Å²) in [6.45, 7) is 12.3. The van der Waals surface area contributed by atoms with Gasteiger partial charge in [-0.3, -0.25) is 4.90 Å². The monoisotopic (exact) mass is 334 g/mol. The molecule has 0 amide bonds. The average Bonchev–Trinajstić information content (AvgIpc) is 2.54. The summed E-state index contributed by atoms with van der Waals surface area (Å²) in [6, 6.07) is 8.46. The van der Waals surface area contributed by atoms with Gasteiger partial charge in [-0.1, -0.05) is 17.6 Å². The number of β-amino-alcohol motifs (C(OH)–C–C–N with tert-alkyl or cyclic N) is 1. The molecule has 134 valence electrons. The van der Waals surface area contributed by atoms with E-state index < -0.39 is 11.2 Å². The molecule has 0 saturated carbocycles. The number of hydrogen-bond acceptors (Lipinski definition) is 5. The number of rotatable bonds is 7. The number of aliphatic hydroxyl groups is 2. The van der Waals surface area contributed by atoms with Crippen molar-refractivity contribution in [1.82, 2.24) is 4.90 Å². The van der Waals surface area contributed by atoms with Crippen LogP contribution in [-0.2, 0) is 4.65 Å². The van der Waals surface area contributed by atoms with Crippen molar-refractivity contribution in [2.45, 2.75) is 38.9 Å². The largest absolute Gasteiger partial charge is 0.427 e. The SMILES string of the molecule is CC(C)(O)C(C)(C)OBc1ccc(N2CCN(CCO)CC2)cc1. The first kappa shape index (κ1) is 19.3. The molecule has 0 aromatic heterocycles. The molecule has 0 radical (unpaired) electrons. The third-order valence-corrected chi connectivity index (χ3v) is 5.16. The van der Waals surface area contributed by atoms with Crippen LogP contribution in [-0.4, -0.2) is 73.1 Å². The van der Waals surface area contributed by atoms with Gasteiger partial charge in [0.1, 0.15) is 0 Å². The molecular weight excluding hydrogens is 303 g/mol. The van der Waals surface area contributed by atoms with Gasteiger partial charge in [-0.05, 0) is 39.8 Å². The first-order valence-corrected chi connectivity index (χ1v) is 8.76. The Bertz CT molecular complexity index is 506. The Labute approximate surface area is 146 Å². The zero-order valence-electron chi connectivity index (χ0n) is 15.5. The Hall–Kier alpha value is -1.08. The Balaban J connectivity index is 1.87. The highest BCUT2D eigenvalue weighted by Gasteiger charge is 2.35. The van der Waals surface area contributed by atoms with Crippen LogP contribution in [0.2, 0.25) is 0 Å². The molecule has 1 aromatic rings. The van der Waals surface area contributed by atoms with Crippen LogP contribution in [0, 0.1) is 0 Å². The summed E-state index contributed by atoms with van der Waals surface area (Å²) in [5, 5.41) is 19.2. The summed E-state index contributed by atoms with van der Waals surface area (Å²) in [5.41, 5.74) is 0.842. The van der Waals surface area contributed by atoms with Gasteiger partial charge in [0.2, 0.25) is 0 Å². The van der Waals surface area contributed by atoms with E-state index in [-0.39, 0.29) is 6.61 Å². The summed E-state index contributed by atoms with van der Waals surface area (Å²) in [6.07, 6.45) is 0. The minimum Gasteiger partial charge on any atom is -0.427 e. The van der Waals surface area contributed by atoms with Crippen molar-refractivity contribution in [2.24, 2.45) is 0 Å². The molecule has 5 nitrogen and oxygen atoms in total. The van der Waals surface area contributed by atoms with Crippen LogP contribution in [0.3, 0.4) is 0 Å². The summed E-state index contributed by atoms with van der Waals surface area (Å²) in [7, 11) is 0.488. The van der Waals surface area contributed by atoms with Gasteiger partial charge in [-0.2, -0.15) is 0 Å². The molecule has 0 bridgehead atoms. The fraction of sp³-hybridized carbons (Fsp3) is 0.667. The third-order valence-electron chi connectivity index (χ3n) is 5.16. The van der Waals surface area contributed by atoms with E-state index in [9.17, 15) is 5.11 Å². The lowest BCUT2D eigenvalue weighted by Gasteiger charge is -2.37. The molecule has 0 aliphatic carbocycles. The second kappa shape index (κ2) is 7.87. The molecule has 2 rings (SSSR count). The van der Waals surface area contributed by atoms with Crippen LogP contribution in [0.1, 0.15) is 27.7 Å². The van der Waals surface area contributed by atoms with Crippen molar-refractivity contribution in [3.05, 3.63) is 24.3 Å². The molecule has 1 aromatic carbocycles. The van der Waals surface area contributed by atoms with E-state index in [2.05, 4.69) is 34.1 Å². The normalized spacial score (nSPS) is 17.2. The topological polar surface area (TPSA) is 56.2 Å². The molecule has 24 heavy (non-hydrogen) atoms. The molecule has 0 unspecified atom stereocenters. The number of benzene rings is 1. The summed E-state index contributed by atoms with van der Waals surface area (Å²) in [5.74, 6) is 0. The lowest BCUT2D eigenvalue weighted by Crippen LogP contribution is -2.49. The van der Waals surface area contributed by atoms with Gasteiger partial charge in [0.25, 0.3) is 0 Å². The Morgan fingerprint density at radius 2 is 1.62 bits per heavy atom. The third kappa shape index (κ3) is 4.96. The molecule has 0 spiro atoms. The highest BCUT2D eigenvalue weighted by Crippen LogP contribution is 2.24. The van der Waals surface area contributed by atoms with Gasteiger partial charge >= 0.3 is 7.48 Å². The zero-order valence-corrected chi connectivity index (χ0v) is 15.5. The maximum Gasteiger partial charge on any atom is 0.309 e.